The van der Waals surface area contributed by atoms with Crippen LogP contribution in [0.1, 0.15) is 0 Å². The molecule has 3 aromatic rings. The second-order valence-electron chi connectivity index (χ2n) is 4.38. The number of hydrogen-bond donors (Lipinski definition) is 2. The number of nitrogens with one attached hydrogen (secondary N) is 2. The van der Waals surface area contributed by atoms with Crippen LogP contribution in [0, 0.1) is 0 Å². The van der Waals surface area contributed by atoms with Gasteiger partial charge in [0.15, 0.2) is 5.82 Å². The van der Waals surface area contributed by atoms with Crippen molar-refractivity contribution in [1.82, 2.24) is 15.0 Å². The van der Waals surface area contributed by atoms with E-state index >= 15 is 0 Å². The van der Waals surface area contributed by atoms with E-state index in [0.717, 1.165) is 27.7 Å². The highest BCUT2D eigenvalue weighted by Gasteiger charge is 2.14. The summed E-state index contributed by atoms with van der Waals surface area (Å²) >= 11 is 0. The van der Waals surface area contributed by atoms with E-state index in [1.54, 1.807) is 7.11 Å². The number of carbonyl (C=O) groups is 1. The molecule has 0 amide bonds. The summed E-state index contributed by atoms with van der Waals surface area (Å²) in [7, 11) is 2.96. The number of anilines is 1. The molecule has 0 aliphatic carbocycles. The third kappa shape index (κ3) is 2.22. The number of nitrogens with zero attached hydrogens (tertiary/aromatic N) is 2. The van der Waals surface area contributed by atoms with E-state index < -0.39 is 0 Å². The molecule has 0 aliphatic rings. The summed E-state index contributed by atoms with van der Waals surface area (Å²) in [6, 6.07) is 5.70. The summed E-state index contributed by atoms with van der Waals surface area (Å²) in [5.41, 5.74) is 2.36. The van der Waals surface area contributed by atoms with Gasteiger partial charge in [0.2, 0.25) is 0 Å². The highest BCUT2D eigenvalue weighted by Crippen LogP contribution is 2.33. The van der Waals surface area contributed by atoms with Crippen molar-refractivity contribution in [3.8, 4) is 5.75 Å². The summed E-state index contributed by atoms with van der Waals surface area (Å²) < 4.78 is 9.98. The van der Waals surface area contributed by atoms with Crippen LogP contribution < -0.4 is 10.1 Å². The first-order valence-electron chi connectivity index (χ1n) is 6.34. The average molecular weight is 286 g/mol. The summed E-state index contributed by atoms with van der Waals surface area (Å²) in [6.07, 6.45) is 1.45. The molecule has 0 saturated carbocycles. The fraction of sp³-hybridized carbons (Fsp3) is 0.214. The van der Waals surface area contributed by atoms with Gasteiger partial charge in [-0.1, -0.05) is 6.07 Å². The van der Waals surface area contributed by atoms with Crippen LogP contribution in [0.25, 0.3) is 21.9 Å². The van der Waals surface area contributed by atoms with Crippen molar-refractivity contribution >= 4 is 33.7 Å². The number of H-pyrrole nitrogens is 1. The summed E-state index contributed by atoms with van der Waals surface area (Å²) in [4.78, 5) is 22.9. The monoisotopic (exact) mass is 286 g/mol. The zero-order valence-corrected chi connectivity index (χ0v) is 11.6. The zero-order chi connectivity index (χ0) is 14.8. The molecule has 0 saturated heterocycles. The second kappa shape index (κ2) is 5.28. The molecule has 2 aromatic heterocycles. The minimum Gasteiger partial charge on any atom is -0.496 e. The van der Waals surface area contributed by atoms with Gasteiger partial charge in [-0.15, -0.1) is 0 Å². The van der Waals surface area contributed by atoms with E-state index in [0.29, 0.717) is 5.82 Å². The number of ether oxygens (including phenoxy) is 2. The van der Waals surface area contributed by atoms with Crippen LogP contribution in [0.2, 0.25) is 0 Å². The van der Waals surface area contributed by atoms with E-state index in [1.807, 2.05) is 18.2 Å². The van der Waals surface area contributed by atoms with Crippen molar-refractivity contribution in [1.29, 1.82) is 0 Å². The van der Waals surface area contributed by atoms with E-state index in [1.165, 1.54) is 13.4 Å². The largest absolute Gasteiger partial charge is 0.496 e. The molecule has 21 heavy (non-hydrogen) atoms. The fourth-order valence-electron chi connectivity index (χ4n) is 2.24. The van der Waals surface area contributed by atoms with Crippen molar-refractivity contribution in [2.45, 2.75) is 0 Å². The highest BCUT2D eigenvalue weighted by atomic mass is 16.5. The van der Waals surface area contributed by atoms with Crippen LogP contribution in [-0.4, -0.2) is 41.7 Å². The molecule has 0 spiro atoms. The van der Waals surface area contributed by atoms with Gasteiger partial charge >= 0.3 is 5.97 Å². The third-order valence-corrected chi connectivity index (χ3v) is 3.22. The molecule has 0 radical (unpaired) electrons. The van der Waals surface area contributed by atoms with Crippen molar-refractivity contribution in [2.75, 3.05) is 26.1 Å². The Morgan fingerprint density at radius 1 is 1.33 bits per heavy atom. The van der Waals surface area contributed by atoms with Crippen LogP contribution in [0.5, 0.6) is 5.75 Å². The van der Waals surface area contributed by atoms with Crippen LogP contribution in [0.15, 0.2) is 24.5 Å². The van der Waals surface area contributed by atoms with E-state index in [9.17, 15) is 4.79 Å². The number of carbonyl (C=O) groups excluding carboxylic acids is 1. The Kier molecular flexibility index (Phi) is 3.31. The SMILES string of the molecule is COC(=O)CNc1ncnc2c1[nH]c1cccc(OC)c12. The van der Waals surface area contributed by atoms with E-state index in [2.05, 4.69) is 25.0 Å². The molecule has 0 bridgehead atoms. The Bertz CT molecular complexity index is 812. The molecule has 108 valence electrons. The van der Waals surface area contributed by atoms with E-state index in [4.69, 9.17) is 4.74 Å². The fourth-order valence-corrected chi connectivity index (χ4v) is 2.24. The lowest BCUT2D eigenvalue weighted by molar-refractivity contribution is -0.138. The number of methoxy groups -OCH3 is 2. The van der Waals surface area contributed by atoms with Crippen molar-refractivity contribution in [2.24, 2.45) is 0 Å². The zero-order valence-electron chi connectivity index (χ0n) is 11.6. The van der Waals surface area contributed by atoms with Gasteiger partial charge in [0.05, 0.1) is 25.1 Å². The van der Waals surface area contributed by atoms with Crippen LogP contribution >= 0.6 is 0 Å². The number of rotatable bonds is 4. The minimum absolute atomic E-state index is 0.0368. The Morgan fingerprint density at radius 3 is 2.95 bits per heavy atom. The number of aromatic amines is 1. The molecule has 0 fully saturated rings. The molecule has 7 nitrogen and oxygen atoms in total. The third-order valence-electron chi connectivity index (χ3n) is 3.22. The first-order valence-corrected chi connectivity index (χ1v) is 6.34. The van der Waals surface area contributed by atoms with Gasteiger partial charge in [0.1, 0.15) is 29.7 Å². The Morgan fingerprint density at radius 2 is 2.19 bits per heavy atom. The Balaban J connectivity index is 2.13. The van der Waals surface area contributed by atoms with Gasteiger partial charge in [-0.2, -0.15) is 0 Å². The molecular formula is C14H14N4O3. The molecule has 1 aromatic carbocycles. The molecule has 2 heterocycles. The molecule has 0 atom stereocenters. The number of hydrogen-bond acceptors (Lipinski definition) is 6. The highest BCUT2D eigenvalue weighted by molar-refractivity contribution is 6.11. The van der Waals surface area contributed by atoms with Gasteiger partial charge in [0, 0.05) is 0 Å². The molecule has 0 unspecified atom stereocenters. The average Bonchev–Trinajstić information content (AvgIpc) is 2.91. The Labute approximate surface area is 120 Å². The van der Waals surface area contributed by atoms with E-state index in [-0.39, 0.29) is 12.5 Å². The number of aromatic nitrogens is 3. The first-order chi connectivity index (χ1) is 10.2. The summed E-state index contributed by atoms with van der Waals surface area (Å²) in [5, 5.41) is 3.83. The van der Waals surface area contributed by atoms with Crippen LogP contribution in [0.4, 0.5) is 5.82 Å². The lowest BCUT2D eigenvalue weighted by Gasteiger charge is -2.04. The smallest absolute Gasteiger partial charge is 0.325 e. The maximum Gasteiger partial charge on any atom is 0.325 e. The van der Waals surface area contributed by atoms with Gasteiger partial charge in [-0.05, 0) is 12.1 Å². The van der Waals surface area contributed by atoms with Gasteiger partial charge in [-0.25, -0.2) is 9.97 Å². The lowest BCUT2D eigenvalue weighted by atomic mass is 10.2. The maximum absolute atomic E-state index is 11.2. The lowest BCUT2D eigenvalue weighted by Crippen LogP contribution is -2.15. The number of benzene rings is 1. The van der Waals surface area contributed by atoms with Gasteiger partial charge < -0.3 is 19.8 Å². The molecule has 2 N–H and O–H groups in total. The van der Waals surface area contributed by atoms with Crippen molar-refractivity contribution < 1.29 is 14.3 Å². The molecule has 3 rings (SSSR count). The number of fused-ring (bicyclic) bond motifs is 3. The minimum atomic E-state index is -0.365. The van der Waals surface area contributed by atoms with Gasteiger partial charge in [0.25, 0.3) is 0 Å². The first kappa shape index (κ1) is 13.2. The predicted octanol–water partition coefficient (Wildman–Crippen LogP) is 1.70. The Hall–Kier alpha value is -2.83. The summed E-state index contributed by atoms with van der Waals surface area (Å²) in [5.74, 6) is 0.912. The normalized spacial score (nSPS) is 10.8. The quantitative estimate of drug-likeness (QED) is 0.710. The molecule has 7 heteroatoms. The van der Waals surface area contributed by atoms with Crippen LogP contribution in [-0.2, 0) is 9.53 Å². The topological polar surface area (TPSA) is 89.1 Å². The predicted molar refractivity (Wildman–Crippen MR) is 78.5 cm³/mol. The maximum atomic E-state index is 11.2. The summed E-state index contributed by atoms with van der Waals surface area (Å²) in [6.45, 7) is 0.0368. The number of esters is 1. The molecule has 0 aliphatic heterocycles. The van der Waals surface area contributed by atoms with Gasteiger partial charge in [-0.3, -0.25) is 4.79 Å². The van der Waals surface area contributed by atoms with Crippen molar-refractivity contribution in [3.05, 3.63) is 24.5 Å². The van der Waals surface area contributed by atoms with Crippen LogP contribution in [0.3, 0.4) is 0 Å². The molecular weight excluding hydrogens is 272 g/mol. The van der Waals surface area contributed by atoms with Crippen molar-refractivity contribution in [3.63, 3.8) is 0 Å². The standard InChI is InChI=1S/C14H14N4O3/c1-20-9-5-3-4-8-11(9)12-13(18-8)14(17-7-16-12)15-6-10(19)21-2/h3-5,7,18H,6H2,1-2H3,(H,15,16,17). The second-order valence-corrected chi connectivity index (χ2v) is 4.38.